The van der Waals surface area contributed by atoms with Crippen LogP contribution in [0.4, 0.5) is 0 Å². The third-order valence-corrected chi connectivity index (χ3v) is 3.98. The van der Waals surface area contributed by atoms with Gasteiger partial charge < -0.3 is 10.8 Å². The third-order valence-electron chi connectivity index (χ3n) is 3.29. The maximum Gasteiger partial charge on any atom is 0.324 e. The van der Waals surface area contributed by atoms with Crippen LogP contribution in [0.1, 0.15) is 26.3 Å². The van der Waals surface area contributed by atoms with E-state index in [-0.39, 0.29) is 0 Å². The van der Waals surface area contributed by atoms with Crippen molar-refractivity contribution in [3.8, 4) is 0 Å². The number of halogens is 1. The van der Waals surface area contributed by atoms with Gasteiger partial charge in [0.05, 0.1) is 0 Å². The van der Waals surface area contributed by atoms with Crippen LogP contribution in [0.2, 0.25) is 0 Å². The Labute approximate surface area is 104 Å². The second kappa shape index (κ2) is 4.18. The Morgan fingerprint density at radius 3 is 2.25 bits per heavy atom. The van der Waals surface area contributed by atoms with Gasteiger partial charge in [0.1, 0.15) is 5.54 Å². The van der Waals surface area contributed by atoms with Crippen molar-refractivity contribution in [1.29, 1.82) is 0 Å². The van der Waals surface area contributed by atoms with Crippen LogP contribution in [-0.4, -0.2) is 16.6 Å². The molecule has 3 nitrogen and oxygen atoms in total. The molecule has 1 atom stereocenters. The molecule has 0 saturated carbocycles. The number of carboxylic acid groups (broad SMARTS) is 1. The van der Waals surface area contributed by atoms with Crippen molar-refractivity contribution in [2.24, 2.45) is 5.73 Å². The van der Waals surface area contributed by atoms with E-state index >= 15 is 0 Å². The molecule has 0 radical (unpaired) electrons. The molecule has 0 aliphatic heterocycles. The topological polar surface area (TPSA) is 63.3 Å². The number of aliphatic carboxylic acids is 1. The van der Waals surface area contributed by atoms with Crippen molar-refractivity contribution in [3.63, 3.8) is 0 Å². The number of benzene rings is 1. The Balaban J connectivity index is 3.32. The Kier molecular flexibility index (Phi) is 3.45. The first-order valence-corrected chi connectivity index (χ1v) is 5.78. The van der Waals surface area contributed by atoms with E-state index in [0.717, 1.165) is 10.0 Å². The van der Waals surface area contributed by atoms with Crippen LogP contribution in [0.15, 0.2) is 28.7 Å². The van der Waals surface area contributed by atoms with E-state index in [1.165, 1.54) is 6.92 Å². The molecule has 1 aromatic rings. The molecular formula is C12H16BrNO2. The molecule has 1 unspecified atom stereocenters. The predicted octanol–water partition coefficient (Wildman–Crippen LogP) is 2.53. The summed E-state index contributed by atoms with van der Waals surface area (Å²) in [5.41, 5.74) is 4.82. The van der Waals surface area contributed by atoms with Crippen LogP contribution in [-0.2, 0) is 10.2 Å². The van der Waals surface area contributed by atoms with E-state index in [0.29, 0.717) is 0 Å². The lowest BCUT2D eigenvalue weighted by atomic mass is 9.69. The van der Waals surface area contributed by atoms with Gasteiger partial charge >= 0.3 is 5.97 Å². The van der Waals surface area contributed by atoms with Crippen LogP contribution in [0.25, 0.3) is 0 Å². The summed E-state index contributed by atoms with van der Waals surface area (Å²) in [6, 6.07) is 7.53. The van der Waals surface area contributed by atoms with Crippen molar-refractivity contribution in [3.05, 3.63) is 34.3 Å². The van der Waals surface area contributed by atoms with Crippen LogP contribution >= 0.6 is 15.9 Å². The standard InChI is InChI=1S/C12H16BrNO2/c1-11(2,12(3,14)10(15)16)8-6-4-5-7-9(8)13/h4-7H,14H2,1-3H3,(H,15,16). The lowest BCUT2D eigenvalue weighted by Gasteiger charge is -2.38. The molecule has 0 fully saturated rings. The second-order valence-electron chi connectivity index (χ2n) is 4.61. The minimum absolute atomic E-state index is 0.668. The Morgan fingerprint density at radius 1 is 1.31 bits per heavy atom. The molecule has 1 aromatic carbocycles. The van der Waals surface area contributed by atoms with Crippen molar-refractivity contribution in [1.82, 2.24) is 0 Å². The molecule has 0 bridgehead atoms. The van der Waals surface area contributed by atoms with Gasteiger partial charge in [0.25, 0.3) is 0 Å². The Hall–Kier alpha value is -0.870. The highest BCUT2D eigenvalue weighted by molar-refractivity contribution is 9.10. The quantitative estimate of drug-likeness (QED) is 0.897. The van der Waals surface area contributed by atoms with E-state index in [2.05, 4.69) is 15.9 Å². The Bertz CT molecular complexity index is 413. The first-order valence-electron chi connectivity index (χ1n) is 4.98. The first kappa shape index (κ1) is 13.2. The third kappa shape index (κ3) is 1.99. The highest BCUT2D eigenvalue weighted by Crippen LogP contribution is 2.37. The molecule has 0 aliphatic carbocycles. The van der Waals surface area contributed by atoms with Crippen molar-refractivity contribution >= 4 is 21.9 Å². The number of rotatable bonds is 3. The highest BCUT2D eigenvalue weighted by Gasteiger charge is 2.46. The zero-order valence-electron chi connectivity index (χ0n) is 9.62. The number of carbonyl (C=O) groups is 1. The van der Waals surface area contributed by atoms with E-state index in [9.17, 15) is 9.90 Å². The molecule has 88 valence electrons. The smallest absolute Gasteiger partial charge is 0.324 e. The average molecular weight is 286 g/mol. The minimum atomic E-state index is -1.32. The molecule has 0 saturated heterocycles. The summed E-state index contributed by atoms with van der Waals surface area (Å²) in [4.78, 5) is 11.2. The molecule has 1 rings (SSSR count). The summed E-state index contributed by atoms with van der Waals surface area (Å²) in [5.74, 6) is -1.01. The summed E-state index contributed by atoms with van der Waals surface area (Å²) in [6.45, 7) is 5.21. The molecule has 0 aliphatic rings. The summed E-state index contributed by atoms with van der Waals surface area (Å²) < 4.78 is 0.873. The Morgan fingerprint density at radius 2 is 1.81 bits per heavy atom. The molecule has 0 aromatic heterocycles. The number of nitrogens with two attached hydrogens (primary N) is 1. The monoisotopic (exact) mass is 285 g/mol. The molecule has 0 spiro atoms. The number of hydrogen-bond acceptors (Lipinski definition) is 2. The fourth-order valence-electron chi connectivity index (χ4n) is 1.52. The number of carboxylic acids is 1. The van der Waals surface area contributed by atoms with Gasteiger partial charge in [-0.15, -0.1) is 0 Å². The average Bonchev–Trinajstić information content (AvgIpc) is 2.17. The van der Waals surface area contributed by atoms with Crippen LogP contribution in [0.3, 0.4) is 0 Å². The van der Waals surface area contributed by atoms with Gasteiger partial charge in [-0.05, 0) is 18.6 Å². The fourth-order valence-corrected chi connectivity index (χ4v) is 2.30. The fraction of sp³-hybridized carbons (Fsp3) is 0.417. The van der Waals surface area contributed by atoms with Gasteiger partial charge in [-0.1, -0.05) is 48.0 Å². The molecule has 3 N–H and O–H groups in total. The lowest BCUT2D eigenvalue weighted by molar-refractivity contribution is -0.145. The van der Waals surface area contributed by atoms with Gasteiger partial charge in [0.15, 0.2) is 0 Å². The largest absolute Gasteiger partial charge is 0.480 e. The van der Waals surface area contributed by atoms with E-state index in [4.69, 9.17) is 5.73 Å². The van der Waals surface area contributed by atoms with Crippen molar-refractivity contribution in [2.75, 3.05) is 0 Å². The summed E-state index contributed by atoms with van der Waals surface area (Å²) in [6.07, 6.45) is 0. The molecular weight excluding hydrogens is 270 g/mol. The molecule has 0 amide bonds. The lowest BCUT2D eigenvalue weighted by Crippen LogP contribution is -2.58. The van der Waals surface area contributed by atoms with Crippen molar-refractivity contribution in [2.45, 2.75) is 31.7 Å². The summed E-state index contributed by atoms with van der Waals surface area (Å²) in [7, 11) is 0. The van der Waals surface area contributed by atoms with Crippen molar-refractivity contribution < 1.29 is 9.90 Å². The van der Waals surface area contributed by atoms with Crippen LogP contribution in [0.5, 0.6) is 0 Å². The van der Waals surface area contributed by atoms with E-state index < -0.39 is 16.9 Å². The normalized spacial score (nSPS) is 15.6. The van der Waals surface area contributed by atoms with Gasteiger partial charge in [0, 0.05) is 9.89 Å². The van der Waals surface area contributed by atoms with Gasteiger partial charge in [0.2, 0.25) is 0 Å². The summed E-state index contributed by atoms with van der Waals surface area (Å²) in [5, 5.41) is 9.19. The van der Waals surface area contributed by atoms with Gasteiger partial charge in [-0.3, -0.25) is 4.79 Å². The second-order valence-corrected chi connectivity index (χ2v) is 5.47. The first-order chi connectivity index (χ1) is 7.21. The van der Waals surface area contributed by atoms with Crippen LogP contribution < -0.4 is 5.73 Å². The SMILES string of the molecule is CC(N)(C(=O)O)C(C)(C)c1ccccc1Br. The number of hydrogen-bond donors (Lipinski definition) is 2. The maximum atomic E-state index is 11.2. The van der Waals surface area contributed by atoms with Gasteiger partial charge in [-0.2, -0.15) is 0 Å². The highest BCUT2D eigenvalue weighted by atomic mass is 79.9. The van der Waals surface area contributed by atoms with Crippen LogP contribution in [0, 0.1) is 0 Å². The minimum Gasteiger partial charge on any atom is -0.480 e. The molecule has 4 heteroatoms. The van der Waals surface area contributed by atoms with E-state index in [1.807, 2.05) is 38.1 Å². The predicted molar refractivity (Wildman–Crippen MR) is 67.4 cm³/mol. The van der Waals surface area contributed by atoms with Gasteiger partial charge in [-0.25, -0.2) is 0 Å². The zero-order valence-corrected chi connectivity index (χ0v) is 11.2. The maximum absolute atomic E-state index is 11.2. The molecule has 16 heavy (non-hydrogen) atoms. The molecule has 0 heterocycles. The summed E-state index contributed by atoms with van der Waals surface area (Å²) >= 11 is 3.43. The zero-order chi connectivity index (χ0) is 12.6. The van der Waals surface area contributed by atoms with E-state index in [1.54, 1.807) is 0 Å².